The molecule has 6 nitrogen and oxygen atoms in total. The molecule has 0 aliphatic rings. The second-order valence-electron chi connectivity index (χ2n) is 5.90. The van der Waals surface area contributed by atoms with Crippen LogP contribution in [0.25, 0.3) is 0 Å². The van der Waals surface area contributed by atoms with Crippen molar-refractivity contribution in [3.63, 3.8) is 0 Å². The first kappa shape index (κ1) is 18.0. The quantitative estimate of drug-likeness (QED) is 0.737. The summed E-state index contributed by atoms with van der Waals surface area (Å²) in [5.74, 6) is -0.358. The van der Waals surface area contributed by atoms with Gasteiger partial charge in [-0.25, -0.2) is 4.79 Å². The fourth-order valence-corrected chi connectivity index (χ4v) is 1.81. The third-order valence-electron chi connectivity index (χ3n) is 2.70. The maximum absolute atomic E-state index is 12.1. The van der Waals surface area contributed by atoms with Gasteiger partial charge in [0.15, 0.2) is 0 Å². The molecule has 0 heterocycles. The number of hydrogen-bond donors (Lipinski definition) is 3. The van der Waals surface area contributed by atoms with E-state index in [1.54, 1.807) is 20.8 Å². The molecular weight excluding hydrogens is 284 g/mol. The van der Waals surface area contributed by atoms with Crippen LogP contribution in [0.5, 0.6) is 0 Å². The highest BCUT2D eigenvalue weighted by Gasteiger charge is 2.24. The monoisotopic (exact) mass is 308 g/mol. The molecule has 0 aliphatic carbocycles. The predicted molar refractivity (Wildman–Crippen MR) is 83.4 cm³/mol. The normalized spacial score (nSPS) is 12.4. The van der Waals surface area contributed by atoms with Crippen LogP contribution in [0.4, 0.5) is 4.79 Å². The van der Waals surface area contributed by atoms with E-state index in [0.29, 0.717) is 6.42 Å². The third kappa shape index (κ3) is 7.08. The Kier molecular flexibility index (Phi) is 6.85. The summed E-state index contributed by atoms with van der Waals surface area (Å²) in [5, 5.41) is 13.9. The minimum absolute atomic E-state index is 0.139. The highest BCUT2D eigenvalue weighted by molar-refractivity contribution is 5.86. The highest BCUT2D eigenvalue weighted by Crippen LogP contribution is 2.08. The Morgan fingerprint density at radius 2 is 1.86 bits per heavy atom. The molecule has 0 saturated heterocycles. The summed E-state index contributed by atoms with van der Waals surface area (Å²) in [6.07, 6.45) is -0.301. The van der Waals surface area contributed by atoms with Gasteiger partial charge in [0.2, 0.25) is 5.91 Å². The first-order valence-electron chi connectivity index (χ1n) is 7.24. The fraction of sp³-hybridized carbons (Fsp3) is 0.500. The Hall–Kier alpha value is -2.08. The molecule has 1 aromatic rings. The van der Waals surface area contributed by atoms with E-state index in [1.165, 1.54) is 0 Å². The molecule has 22 heavy (non-hydrogen) atoms. The SMILES string of the molecule is CC(C)(C)OC(=O)N[C@@H](Cc1ccccc1)C(=O)NCCO. The minimum Gasteiger partial charge on any atom is -0.444 e. The number of benzene rings is 1. The van der Waals surface area contributed by atoms with Gasteiger partial charge < -0.3 is 20.5 Å². The van der Waals surface area contributed by atoms with E-state index in [-0.39, 0.29) is 19.1 Å². The van der Waals surface area contributed by atoms with Gasteiger partial charge in [-0.15, -0.1) is 0 Å². The number of nitrogens with one attached hydrogen (secondary N) is 2. The van der Waals surface area contributed by atoms with E-state index in [9.17, 15) is 9.59 Å². The Balaban J connectivity index is 2.73. The number of amides is 2. The number of aliphatic hydroxyl groups is 1. The lowest BCUT2D eigenvalue weighted by molar-refractivity contribution is -0.123. The van der Waals surface area contributed by atoms with Crippen LogP contribution in [-0.4, -0.2) is 41.9 Å². The molecule has 0 spiro atoms. The van der Waals surface area contributed by atoms with Crippen molar-refractivity contribution in [3.05, 3.63) is 35.9 Å². The summed E-state index contributed by atoms with van der Waals surface area (Å²) in [6, 6.07) is 8.61. The van der Waals surface area contributed by atoms with Crippen molar-refractivity contribution in [2.24, 2.45) is 0 Å². The average molecular weight is 308 g/mol. The zero-order valence-corrected chi connectivity index (χ0v) is 13.3. The molecule has 0 unspecified atom stereocenters. The van der Waals surface area contributed by atoms with Crippen LogP contribution >= 0.6 is 0 Å². The van der Waals surface area contributed by atoms with Crippen LogP contribution in [-0.2, 0) is 16.0 Å². The lowest BCUT2D eigenvalue weighted by atomic mass is 10.1. The molecule has 122 valence electrons. The van der Waals surface area contributed by atoms with Gasteiger partial charge in [-0.1, -0.05) is 30.3 Å². The minimum atomic E-state index is -0.760. The molecule has 0 aliphatic heterocycles. The largest absolute Gasteiger partial charge is 0.444 e. The van der Waals surface area contributed by atoms with Crippen molar-refractivity contribution in [2.45, 2.75) is 38.8 Å². The number of rotatable bonds is 6. The van der Waals surface area contributed by atoms with Crippen molar-refractivity contribution in [2.75, 3.05) is 13.2 Å². The molecule has 0 saturated carbocycles. The van der Waals surface area contributed by atoms with E-state index in [4.69, 9.17) is 9.84 Å². The molecule has 6 heteroatoms. The fourth-order valence-electron chi connectivity index (χ4n) is 1.81. The summed E-state index contributed by atoms with van der Waals surface area (Å²) >= 11 is 0. The number of alkyl carbamates (subject to hydrolysis) is 1. The van der Waals surface area contributed by atoms with Crippen molar-refractivity contribution in [1.29, 1.82) is 0 Å². The predicted octanol–water partition coefficient (Wildman–Crippen LogP) is 1.23. The van der Waals surface area contributed by atoms with E-state index in [1.807, 2.05) is 30.3 Å². The number of aliphatic hydroxyl groups excluding tert-OH is 1. The van der Waals surface area contributed by atoms with E-state index < -0.39 is 17.7 Å². The second kappa shape index (κ2) is 8.38. The number of carbonyl (C=O) groups is 2. The van der Waals surface area contributed by atoms with Gasteiger partial charge in [0.05, 0.1) is 6.61 Å². The van der Waals surface area contributed by atoms with Crippen LogP contribution in [0.3, 0.4) is 0 Å². The van der Waals surface area contributed by atoms with Crippen LogP contribution in [0.2, 0.25) is 0 Å². The van der Waals surface area contributed by atoms with Gasteiger partial charge in [0, 0.05) is 13.0 Å². The van der Waals surface area contributed by atoms with Gasteiger partial charge in [0.1, 0.15) is 11.6 Å². The molecule has 0 aromatic heterocycles. The smallest absolute Gasteiger partial charge is 0.408 e. The molecule has 0 radical (unpaired) electrons. The molecular formula is C16H24N2O4. The van der Waals surface area contributed by atoms with Crippen LogP contribution in [0, 0.1) is 0 Å². The second-order valence-corrected chi connectivity index (χ2v) is 5.90. The van der Waals surface area contributed by atoms with Crippen molar-refractivity contribution < 1.29 is 19.4 Å². The summed E-state index contributed by atoms with van der Waals surface area (Å²) in [7, 11) is 0. The van der Waals surface area contributed by atoms with E-state index >= 15 is 0 Å². The maximum atomic E-state index is 12.1. The van der Waals surface area contributed by atoms with E-state index in [2.05, 4.69) is 10.6 Å². The number of hydrogen-bond acceptors (Lipinski definition) is 4. The summed E-state index contributed by atoms with van der Waals surface area (Å²) in [6.45, 7) is 5.25. The molecule has 1 atom stereocenters. The van der Waals surface area contributed by atoms with Crippen molar-refractivity contribution >= 4 is 12.0 Å². The van der Waals surface area contributed by atoms with Gasteiger partial charge in [-0.3, -0.25) is 4.79 Å². The zero-order valence-electron chi connectivity index (χ0n) is 13.3. The zero-order chi connectivity index (χ0) is 16.6. The third-order valence-corrected chi connectivity index (χ3v) is 2.70. The summed E-state index contributed by atoms with van der Waals surface area (Å²) < 4.78 is 5.18. The van der Waals surface area contributed by atoms with Gasteiger partial charge in [-0.05, 0) is 26.3 Å². The summed E-state index contributed by atoms with van der Waals surface area (Å²) in [4.78, 5) is 24.0. The van der Waals surface area contributed by atoms with Crippen LogP contribution in [0.15, 0.2) is 30.3 Å². The molecule has 0 bridgehead atoms. The molecule has 1 aromatic carbocycles. The molecule has 0 fully saturated rings. The van der Waals surface area contributed by atoms with Gasteiger partial charge in [0.25, 0.3) is 0 Å². The Morgan fingerprint density at radius 3 is 2.41 bits per heavy atom. The maximum Gasteiger partial charge on any atom is 0.408 e. The first-order valence-corrected chi connectivity index (χ1v) is 7.24. The Bertz CT molecular complexity index is 483. The Morgan fingerprint density at radius 1 is 1.23 bits per heavy atom. The van der Waals surface area contributed by atoms with E-state index in [0.717, 1.165) is 5.56 Å². The van der Waals surface area contributed by atoms with Gasteiger partial charge >= 0.3 is 6.09 Å². The number of ether oxygens (including phenoxy) is 1. The summed E-state index contributed by atoms with van der Waals surface area (Å²) in [5.41, 5.74) is 0.283. The van der Waals surface area contributed by atoms with Gasteiger partial charge in [-0.2, -0.15) is 0 Å². The lowest BCUT2D eigenvalue weighted by Gasteiger charge is -2.23. The van der Waals surface area contributed by atoms with Crippen LogP contribution in [0.1, 0.15) is 26.3 Å². The molecule has 2 amide bonds. The van der Waals surface area contributed by atoms with Crippen molar-refractivity contribution in [1.82, 2.24) is 10.6 Å². The van der Waals surface area contributed by atoms with Crippen LogP contribution < -0.4 is 10.6 Å². The highest BCUT2D eigenvalue weighted by atomic mass is 16.6. The standard InChI is InChI=1S/C16H24N2O4/c1-16(2,3)22-15(21)18-13(14(20)17-9-10-19)11-12-7-5-4-6-8-12/h4-8,13,19H,9-11H2,1-3H3,(H,17,20)(H,18,21)/t13-/m0/s1. The molecule has 1 rings (SSSR count). The number of carbonyl (C=O) groups excluding carboxylic acids is 2. The van der Waals surface area contributed by atoms with Crippen molar-refractivity contribution in [3.8, 4) is 0 Å². The first-order chi connectivity index (χ1) is 10.3. The molecule has 3 N–H and O–H groups in total. The average Bonchev–Trinajstić information content (AvgIpc) is 2.43. The lowest BCUT2D eigenvalue weighted by Crippen LogP contribution is -2.49. The topological polar surface area (TPSA) is 87.7 Å². The Labute approximate surface area is 130 Å².